The molecule has 116 valence electrons. The highest BCUT2D eigenvalue weighted by Crippen LogP contribution is 2.22. The number of nitrogens with zero attached hydrogens (tertiary/aromatic N) is 3. The number of aromatic nitrogens is 3. The summed E-state index contributed by atoms with van der Waals surface area (Å²) >= 11 is 0.907. The molecule has 6 nitrogen and oxygen atoms in total. The summed E-state index contributed by atoms with van der Waals surface area (Å²) in [5.74, 6) is -3.13. The van der Waals surface area contributed by atoms with Crippen molar-refractivity contribution in [2.24, 2.45) is 0 Å². The molecule has 1 aromatic carbocycles. The van der Waals surface area contributed by atoms with E-state index < -0.39 is 29.7 Å². The van der Waals surface area contributed by atoms with Crippen molar-refractivity contribution in [2.75, 3.05) is 0 Å². The van der Waals surface area contributed by atoms with E-state index in [1.807, 2.05) is 0 Å². The molecule has 0 saturated carbocycles. The first-order valence-corrected chi connectivity index (χ1v) is 7.10. The molecule has 22 heavy (non-hydrogen) atoms. The van der Waals surface area contributed by atoms with Crippen LogP contribution in [0.4, 0.5) is 8.78 Å². The normalized spacial score (nSPS) is 10.7. The highest BCUT2D eigenvalue weighted by Gasteiger charge is 2.13. The Kier molecular flexibility index (Phi) is 4.86. The Morgan fingerprint density at radius 3 is 2.82 bits per heavy atom. The lowest BCUT2D eigenvalue weighted by molar-refractivity contribution is -0.138. The SMILES string of the molecule is Cc1nn(CC(=O)O)c(SCc2cccc(F)c2F)nc1=O. The monoisotopic (exact) mass is 327 g/mol. The first-order valence-electron chi connectivity index (χ1n) is 6.11. The van der Waals surface area contributed by atoms with Crippen LogP contribution >= 0.6 is 11.8 Å². The van der Waals surface area contributed by atoms with E-state index in [0.29, 0.717) is 0 Å². The van der Waals surface area contributed by atoms with Gasteiger partial charge in [-0.2, -0.15) is 10.1 Å². The van der Waals surface area contributed by atoms with Crippen LogP contribution in [-0.2, 0) is 17.1 Å². The van der Waals surface area contributed by atoms with E-state index >= 15 is 0 Å². The van der Waals surface area contributed by atoms with Gasteiger partial charge in [0.05, 0.1) is 0 Å². The van der Waals surface area contributed by atoms with Crippen molar-refractivity contribution in [1.82, 2.24) is 14.8 Å². The second-order valence-electron chi connectivity index (χ2n) is 4.34. The number of thioether (sulfide) groups is 1. The summed E-state index contributed by atoms with van der Waals surface area (Å²) in [6, 6.07) is 3.75. The van der Waals surface area contributed by atoms with Gasteiger partial charge in [0.25, 0.3) is 5.56 Å². The van der Waals surface area contributed by atoms with Crippen molar-refractivity contribution in [3.63, 3.8) is 0 Å². The summed E-state index contributed by atoms with van der Waals surface area (Å²) in [4.78, 5) is 26.1. The predicted molar refractivity (Wildman–Crippen MR) is 74.6 cm³/mol. The van der Waals surface area contributed by atoms with Gasteiger partial charge in [-0.3, -0.25) is 9.59 Å². The van der Waals surface area contributed by atoms with E-state index in [2.05, 4.69) is 10.1 Å². The lowest BCUT2D eigenvalue weighted by Crippen LogP contribution is -2.23. The smallest absolute Gasteiger partial charge is 0.325 e. The molecule has 1 heterocycles. The molecular weight excluding hydrogens is 316 g/mol. The molecule has 0 fully saturated rings. The fourth-order valence-electron chi connectivity index (χ4n) is 1.63. The van der Waals surface area contributed by atoms with Crippen LogP contribution in [0.25, 0.3) is 0 Å². The van der Waals surface area contributed by atoms with Gasteiger partial charge in [0.15, 0.2) is 16.8 Å². The van der Waals surface area contributed by atoms with Gasteiger partial charge in [-0.15, -0.1) is 0 Å². The molecule has 0 spiro atoms. The Balaban J connectivity index is 2.28. The minimum Gasteiger partial charge on any atom is -0.480 e. The number of carboxylic acid groups (broad SMARTS) is 1. The number of halogens is 2. The van der Waals surface area contributed by atoms with Gasteiger partial charge >= 0.3 is 5.97 Å². The molecule has 0 saturated heterocycles. The number of benzene rings is 1. The van der Waals surface area contributed by atoms with E-state index in [4.69, 9.17) is 5.11 Å². The van der Waals surface area contributed by atoms with E-state index in [1.54, 1.807) is 0 Å². The summed E-state index contributed by atoms with van der Waals surface area (Å²) in [7, 11) is 0. The highest BCUT2D eigenvalue weighted by molar-refractivity contribution is 7.98. The summed E-state index contributed by atoms with van der Waals surface area (Å²) in [6.45, 7) is 0.927. The molecule has 0 atom stereocenters. The quantitative estimate of drug-likeness (QED) is 0.840. The van der Waals surface area contributed by atoms with Crippen molar-refractivity contribution in [1.29, 1.82) is 0 Å². The Morgan fingerprint density at radius 2 is 2.14 bits per heavy atom. The van der Waals surface area contributed by atoms with E-state index in [9.17, 15) is 18.4 Å². The first-order chi connectivity index (χ1) is 10.4. The molecule has 0 amide bonds. The molecule has 9 heteroatoms. The minimum absolute atomic E-state index is 0.0135. The summed E-state index contributed by atoms with van der Waals surface area (Å²) in [5.41, 5.74) is -0.451. The van der Waals surface area contributed by atoms with Crippen LogP contribution in [-0.4, -0.2) is 25.8 Å². The number of carboxylic acids is 1. The number of carbonyl (C=O) groups is 1. The molecule has 0 aliphatic carbocycles. The maximum atomic E-state index is 13.6. The van der Waals surface area contributed by atoms with Crippen LogP contribution in [0.15, 0.2) is 28.2 Å². The Labute approximate surface area is 127 Å². The molecule has 0 unspecified atom stereocenters. The van der Waals surface area contributed by atoms with Crippen LogP contribution < -0.4 is 5.56 Å². The van der Waals surface area contributed by atoms with Crippen LogP contribution in [0.1, 0.15) is 11.3 Å². The van der Waals surface area contributed by atoms with Crippen molar-refractivity contribution in [3.8, 4) is 0 Å². The van der Waals surface area contributed by atoms with Gasteiger partial charge in [-0.05, 0) is 13.0 Å². The number of rotatable bonds is 5. The molecule has 0 aliphatic rings. The van der Waals surface area contributed by atoms with E-state index in [0.717, 1.165) is 22.5 Å². The number of hydrogen-bond acceptors (Lipinski definition) is 5. The third kappa shape index (κ3) is 3.67. The zero-order valence-electron chi connectivity index (χ0n) is 11.4. The third-order valence-electron chi connectivity index (χ3n) is 2.67. The zero-order valence-corrected chi connectivity index (χ0v) is 12.2. The Bertz CT molecular complexity index is 780. The molecular formula is C13H11F2N3O3S. The van der Waals surface area contributed by atoms with Crippen molar-refractivity contribution in [3.05, 3.63) is 51.4 Å². The lowest BCUT2D eigenvalue weighted by atomic mass is 10.2. The van der Waals surface area contributed by atoms with Crippen molar-refractivity contribution in [2.45, 2.75) is 24.4 Å². The lowest BCUT2D eigenvalue weighted by Gasteiger charge is -2.09. The largest absolute Gasteiger partial charge is 0.480 e. The van der Waals surface area contributed by atoms with Crippen molar-refractivity contribution < 1.29 is 18.7 Å². The van der Waals surface area contributed by atoms with Gasteiger partial charge < -0.3 is 5.11 Å². The van der Waals surface area contributed by atoms with Gasteiger partial charge in [0, 0.05) is 11.3 Å². The van der Waals surface area contributed by atoms with Gasteiger partial charge in [-0.1, -0.05) is 23.9 Å². The standard InChI is InChI=1S/C13H11F2N3O3S/c1-7-12(21)16-13(18(17-7)5-10(19)20)22-6-8-3-2-4-9(14)11(8)15/h2-4H,5-6H2,1H3,(H,19,20). The van der Waals surface area contributed by atoms with Gasteiger partial charge in [0.2, 0.25) is 0 Å². The second-order valence-corrected chi connectivity index (χ2v) is 5.28. The maximum absolute atomic E-state index is 13.6. The number of aliphatic carboxylic acids is 1. The van der Waals surface area contributed by atoms with Crippen molar-refractivity contribution >= 4 is 17.7 Å². The van der Waals surface area contributed by atoms with E-state index in [1.165, 1.54) is 19.1 Å². The topological polar surface area (TPSA) is 85.1 Å². The maximum Gasteiger partial charge on any atom is 0.325 e. The molecule has 1 aromatic heterocycles. The Morgan fingerprint density at radius 1 is 1.41 bits per heavy atom. The van der Waals surface area contributed by atoms with Gasteiger partial charge in [0.1, 0.15) is 12.2 Å². The van der Waals surface area contributed by atoms with Crippen LogP contribution in [0.3, 0.4) is 0 Å². The first kappa shape index (κ1) is 16.1. The molecule has 1 N–H and O–H groups in total. The fourth-order valence-corrected chi connectivity index (χ4v) is 2.54. The molecule has 2 aromatic rings. The molecule has 0 radical (unpaired) electrons. The van der Waals surface area contributed by atoms with Crippen LogP contribution in [0.2, 0.25) is 0 Å². The van der Waals surface area contributed by atoms with E-state index in [-0.39, 0.29) is 22.2 Å². The minimum atomic E-state index is -1.16. The Hall–Kier alpha value is -2.29. The average Bonchev–Trinajstić information content (AvgIpc) is 2.44. The van der Waals surface area contributed by atoms with Crippen LogP contribution in [0, 0.1) is 18.6 Å². The fraction of sp³-hybridized carbons (Fsp3) is 0.231. The summed E-state index contributed by atoms with van der Waals surface area (Å²) in [5, 5.41) is 12.7. The number of aryl methyl sites for hydroxylation is 1. The zero-order chi connectivity index (χ0) is 16.3. The summed E-state index contributed by atoms with van der Waals surface area (Å²) < 4.78 is 27.7. The molecule has 0 bridgehead atoms. The third-order valence-corrected chi connectivity index (χ3v) is 3.69. The van der Waals surface area contributed by atoms with Crippen LogP contribution in [0.5, 0.6) is 0 Å². The summed E-state index contributed by atoms with van der Waals surface area (Å²) in [6.07, 6.45) is 0. The average molecular weight is 327 g/mol. The molecule has 0 aliphatic heterocycles. The predicted octanol–water partition coefficient (Wildman–Crippen LogP) is 1.60. The molecule has 2 rings (SSSR count). The number of hydrogen-bond donors (Lipinski definition) is 1. The highest BCUT2D eigenvalue weighted by atomic mass is 32.2. The second kappa shape index (κ2) is 6.65. The van der Waals surface area contributed by atoms with Gasteiger partial charge in [-0.25, -0.2) is 13.5 Å².